The summed E-state index contributed by atoms with van der Waals surface area (Å²) >= 11 is 0. The fourth-order valence-electron chi connectivity index (χ4n) is 1.50. The minimum Gasteiger partial charge on any atom is -0.478 e. The predicted molar refractivity (Wildman–Crippen MR) is 47.2 cm³/mol. The quantitative estimate of drug-likeness (QED) is 0.639. The normalized spacial score (nSPS) is 22.5. The van der Waals surface area contributed by atoms with E-state index >= 15 is 0 Å². The maximum Gasteiger partial charge on any atom is 0.328 e. The van der Waals surface area contributed by atoms with Crippen LogP contribution in [0.4, 0.5) is 0 Å². The van der Waals surface area contributed by atoms with Crippen LogP contribution in [-0.4, -0.2) is 34.5 Å². The molecule has 4 heteroatoms. The molecule has 0 aliphatic carbocycles. The van der Waals surface area contributed by atoms with E-state index in [9.17, 15) is 9.59 Å². The van der Waals surface area contributed by atoms with Crippen molar-refractivity contribution in [1.82, 2.24) is 4.90 Å². The Morgan fingerprint density at radius 3 is 2.62 bits per heavy atom. The van der Waals surface area contributed by atoms with E-state index in [-0.39, 0.29) is 11.9 Å². The number of carboxylic acid groups (broad SMARTS) is 1. The number of carbonyl (C=O) groups is 2. The molecule has 1 heterocycles. The Hall–Kier alpha value is -1.32. The molecule has 4 nitrogen and oxygen atoms in total. The molecule has 1 aliphatic heterocycles. The Kier molecular flexibility index (Phi) is 3.06. The van der Waals surface area contributed by atoms with Crippen LogP contribution in [0.5, 0.6) is 0 Å². The van der Waals surface area contributed by atoms with Crippen molar-refractivity contribution in [3.63, 3.8) is 0 Å². The lowest BCUT2D eigenvalue weighted by molar-refractivity contribution is -0.132. The molecule has 0 aromatic rings. The summed E-state index contributed by atoms with van der Waals surface area (Å²) in [6.45, 7) is 2.71. The van der Waals surface area contributed by atoms with Gasteiger partial charge in [0.25, 0.3) is 0 Å². The molecule has 1 atom stereocenters. The topological polar surface area (TPSA) is 57.6 Å². The molecule has 1 saturated heterocycles. The fourth-order valence-corrected chi connectivity index (χ4v) is 1.50. The van der Waals surface area contributed by atoms with E-state index in [1.54, 1.807) is 4.90 Å². The summed E-state index contributed by atoms with van der Waals surface area (Å²) in [5.41, 5.74) is 0. The fraction of sp³-hybridized carbons (Fsp3) is 0.556. The van der Waals surface area contributed by atoms with Gasteiger partial charge in [-0.05, 0) is 19.8 Å². The highest BCUT2D eigenvalue weighted by Crippen LogP contribution is 2.16. The molecule has 0 radical (unpaired) electrons. The minimum atomic E-state index is -1.08. The zero-order valence-corrected chi connectivity index (χ0v) is 7.56. The summed E-state index contributed by atoms with van der Waals surface area (Å²) in [5, 5.41) is 8.31. The molecular formula is C9H13NO3. The predicted octanol–water partition coefficient (Wildman–Crippen LogP) is 0.638. The summed E-state index contributed by atoms with van der Waals surface area (Å²) in [5.74, 6) is -1.28. The lowest BCUT2D eigenvalue weighted by Gasteiger charge is -2.18. The Balaban J connectivity index is 2.52. The number of amides is 1. The molecule has 1 aliphatic rings. The molecule has 0 spiro atoms. The van der Waals surface area contributed by atoms with Crippen LogP contribution in [0.3, 0.4) is 0 Å². The number of hydrogen-bond acceptors (Lipinski definition) is 2. The molecule has 0 bridgehead atoms. The maximum atomic E-state index is 11.3. The average Bonchev–Trinajstić information content (AvgIpc) is 2.47. The molecule has 0 aromatic heterocycles. The molecule has 1 N–H and O–H groups in total. The first-order valence-electron chi connectivity index (χ1n) is 4.33. The number of likely N-dealkylation sites (tertiary alicyclic amines) is 1. The van der Waals surface area contributed by atoms with Crippen LogP contribution in [0.15, 0.2) is 12.2 Å². The van der Waals surface area contributed by atoms with E-state index in [1.165, 1.54) is 0 Å². The molecule has 1 unspecified atom stereocenters. The summed E-state index contributed by atoms with van der Waals surface area (Å²) < 4.78 is 0. The van der Waals surface area contributed by atoms with Gasteiger partial charge in [-0.15, -0.1) is 0 Å². The van der Waals surface area contributed by atoms with Gasteiger partial charge in [0.1, 0.15) is 0 Å². The SMILES string of the molecule is CC1CCCN1C(=O)/C=C/C(=O)O. The molecular weight excluding hydrogens is 170 g/mol. The van der Waals surface area contributed by atoms with Crippen LogP contribution in [0.2, 0.25) is 0 Å². The summed E-state index contributed by atoms with van der Waals surface area (Å²) in [6, 6.07) is 0.242. The van der Waals surface area contributed by atoms with E-state index in [1.807, 2.05) is 6.92 Å². The summed E-state index contributed by atoms with van der Waals surface area (Å²) in [6.07, 6.45) is 4.01. The van der Waals surface area contributed by atoms with Gasteiger partial charge in [-0.2, -0.15) is 0 Å². The van der Waals surface area contributed by atoms with Gasteiger partial charge < -0.3 is 10.0 Å². The van der Waals surface area contributed by atoms with Gasteiger partial charge in [0.2, 0.25) is 5.91 Å². The van der Waals surface area contributed by atoms with Gasteiger partial charge in [-0.1, -0.05) is 0 Å². The van der Waals surface area contributed by atoms with Gasteiger partial charge in [-0.3, -0.25) is 4.79 Å². The van der Waals surface area contributed by atoms with E-state index in [2.05, 4.69) is 0 Å². The number of rotatable bonds is 2. The average molecular weight is 183 g/mol. The summed E-state index contributed by atoms with van der Waals surface area (Å²) in [7, 11) is 0. The molecule has 72 valence electrons. The Bertz CT molecular complexity index is 247. The van der Waals surface area contributed by atoms with Gasteiger partial charge in [0, 0.05) is 24.7 Å². The molecule has 0 aromatic carbocycles. The Morgan fingerprint density at radius 2 is 2.15 bits per heavy atom. The lowest BCUT2D eigenvalue weighted by Crippen LogP contribution is -2.32. The number of hydrogen-bond donors (Lipinski definition) is 1. The van der Waals surface area contributed by atoms with E-state index in [4.69, 9.17) is 5.11 Å². The smallest absolute Gasteiger partial charge is 0.328 e. The highest BCUT2D eigenvalue weighted by Gasteiger charge is 2.23. The number of carboxylic acids is 1. The van der Waals surface area contributed by atoms with Gasteiger partial charge in [-0.25, -0.2) is 4.79 Å². The first-order valence-corrected chi connectivity index (χ1v) is 4.33. The zero-order chi connectivity index (χ0) is 9.84. The van der Waals surface area contributed by atoms with Crippen molar-refractivity contribution in [3.8, 4) is 0 Å². The van der Waals surface area contributed by atoms with Gasteiger partial charge >= 0.3 is 5.97 Å². The minimum absolute atomic E-state index is 0.201. The van der Waals surface area contributed by atoms with Crippen molar-refractivity contribution in [3.05, 3.63) is 12.2 Å². The highest BCUT2D eigenvalue weighted by atomic mass is 16.4. The van der Waals surface area contributed by atoms with Gasteiger partial charge in [0.05, 0.1) is 0 Å². The van der Waals surface area contributed by atoms with Crippen LogP contribution in [0.25, 0.3) is 0 Å². The largest absolute Gasteiger partial charge is 0.478 e. The van der Waals surface area contributed by atoms with Crippen molar-refractivity contribution < 1.29 is 14.7 Å². The Labute approximate surface area is 76.8 Å². The maximum absolute atomic E-state index is 11.3. The zero-order valence-electron chi connectivity index (χ0n) is 7.56. The van der Waals surface area contributed by atoms with E-state index in [0.717, 1.165) is 31.5 Å². The molecule has 1 rings (SSSR count). The molecule has 13 heavy (non-hydrogen) atoms. The van der Waals surface area contributed by atoms with E-state index in [0.29, 0.717) is 0 Å². The molecule has 1 amide bonds. The number of carbonyl (C=O) groups excluding carboxylic acids is 1. The van der Waals surface area contributed by atoms with Crippen molar-refractivity contribution in [1.29, 1.82) is 0 Å². The second-order valence-electron chi connectivity index (χ2n) is 3.19. The van der Waals surface area contributed by atoms with Crippen molar-refractivity contribution in [2.75, 3.05) is 6.54 Å². The number of nitrogens with zero attached hydrogens (tertiary/aromatic N) is 1. The Morgan fingerprint density at radius 1 is 1.46 bits per heavy atom. The second-order valence-corrected chi connectivity index (χ2v) is 3.19. The third-order valence-electron chi connectivity index (χ3n) is 2.20. The van der Waals surface area contributed by atoms with Gasteiger partial charge in [0.15, 0.2) is 0 Å². The standard InChI is InChI=1S/C9H13NO3/c1-7-3-2-6-10(7)8(11)4-5-9(12)13/h4-5,7H,2-3,6H2,1H3,(H,12,13)/b5-4+. The third kappa shape index (κ3) is 2.57. The lowest BCUT2D eigenvalue weighted by atomic mass is 10.2. The highest BCUT2D eigenvalue weighted by molar-refractivity contribution is 5.94. The van der Waals surface area contributed by atoms with Crippen molar-refractivity contribution in [2.24, 2.45) is 0 Å². The monoisotopic (exact) mass is 183 g/mol. The first kappa shape index (κ1) is 9.77. The second kappa shape index (κ2) is 4.07. The van der Waals surface area contributed by atoms with Crippen LogP contribution in [0, 0.1) is 0 Å². The van der Waals surface area contributed by atoms with E-state index < -0.39 is 5.97 Å². The summed E-state index contributed by atoms with van der Waals surface area (Å²) in [4.78, 5) is 23.2. The van der Waals surface area contributed by atoms with Crippen LogP contribution in [-0.2, 0) is 9.59 Å². The molecule has 0 saturated carbocycles. The van der Waals surface area contributed by atoms with Crippen LogP contribution in [0.1, 0.15) is 19.8 Å². The van der Waals surface area contributed by atoms with Crippen molar-refractivity contribution in [2.45, 2.75) is 25.8 Å². The first-order chi connectivity index (χ1) is 6.11. The van der Waals surface area contributed by atoms with Crippen LogP contribution >= 0.6 is 0 Å². The van der Waals surface area contributed by atoms with Crippen LogP contribution < -0.4 is 0 Å². The number of aliphatic carboxylic acids is 1. The van der Waals surface area contributed by atoms with Crippen molar-refractivity contribution >= 4 is 11.9 Å². The molecule has 1 fully saturated rings. The third-order valence-corrected chi connectivity index (χ3v) is 2.20.